The third-order valence-electron chi connectivity index (χ3n) is 6.35. The van der Waals surface area contributed by atoms with Crippen molar-refractivity contribution in [1.82, 2.24) is 19.7 Å². The largest absolute Gasteiger partial charge is 0.504 e. The van der Waals surface area contributed by atoms with Crippen molar-refractivity contribution in [1.29, 1.82) is 0 Å². The van der Waals surface area contributed by atoms with Crippen LogP contribution in [0.3, 0.4) is 0 Å². The summed E-state index contributed by atoms with van der Waals surface area (Å²) in [6, 6.07) is 1.11. The fraction of sp³-hybridized carbons (Fsp3) is 0.375. The van der Waals surface area contributed by atoms with Crippen molar-refractivity contribution in [3.63, 3.8) is 0 Å². The summed E-state index contributed by atoms with van der Waals surface area (Å²) in [4.78, 5) is 42.6. The molecule has 3 aromatic rings. The van der Waals surface area contributed by atoms with Crippen molar-refractivity contribution in [3.05, 3.63) is 68.0 Å². The number of aryl methyl sites for hydroxylation is 2. The summed E-state index contributed by atoms with van der Waals surface area (Å²) >= 11 is 0. The lowest BCUT2D eigenvalue weighted by Gasteiger charge is -2.35. The first-order valence-electron chi connectivity index (χ1n) is 10.9. The molecular formula is C24H28N6O4. The van der Waals surface area contributed by atoms with Gasteiger partial charge in [0, 0.05) is 39.0 Å². The zero-order valence-electron chi connectivity index (χ0n) is 19.8. The first kappa shape index (κ1) is 23.2. The first-order chi connectivity index (χ1) is 16.0. The summed E-state index contributed by atoms with van der Waals surface area (Å²) in [5, 5.41) is 21.3. The average molecular weight is 465 g/mol. The Morgan fingerprint density at radius 3 is 2.44 bits per heavy atom. The number of aromatic nitrogens is 3. The fourth-order valence-electron chi connectivity index (χ4n) is 4.36. The number of rotatable bonds is 7. The van der Waals surface area contributed by atoms with E-state index in [-0.39, 0.29) is 34.2 Å². The van der Waals surface area contributed by atoms with Gasteiger partial charge in [-0.2, -0.15) is 5.10 Å². The van der Waals surface area contributed by atoms with E-state index in [1.807, 2.05) is 20.2 Å². The standard InChI is InChI=1S/C24H28N6O4/c1-13-12-30(5)28-15(13)22(24(2)9-6-7-10-24)27-17-16(20(32)21(17)33)26-14-8-11-25-18(19(14)31)23(34)29(3)4/h6-8,11-12,22,27,31H,9-10H2,1-5H3,(H,25,26). The summed E-state index contributed by atoms with van der Waals surface area (Å²) in [7, 11) is 4.92. The van der Waals surface area contributed by atoms with Gasteiger partial charge in [0.05, 0.1) is 17.4 Å². The maximum absolute atomic E-state index is 12.6. The topological polar surface area (TPSA) is 129 Å². The lowest BCUT2D eigenvalue weighted by Crippen LogP contribution is -2.40. The van der Waals surface area contributed by atoms with Crippen LogP contribution in [0.1, 0.15) is 47.6 Å². The molecule has 1 aromatic carbocycles. The summed E-state index contributed by atoms with van der Waals surface area (Å²) in [5.41, 5.74) is 0.287. The maximum Gasteiger partial charge on any atom is 0.275 e. The number of allylic oxidation sites excluding steroid dienone is 2. The molecule has 1 aliphatic carbocycles. The van der Waals surface area contributed by atoms with E-state index in [0.717, 1.165) is 24.1 Å². The minimum Gasteiger partial charge on any atom is -0.504 e. The van der Waals surface area contributed by atoms with Crippen molar-refractivity contribution >= 4 is 23.0 Å². The van der Waals surface area contributed by atoms with Crippen molar-refractivity contribution < 1.29 is 9.90 Å². The monoisotopic (exact) mass is 464 g/mol. The highest BCUT2D eigenvalue weighted by Gasteiger charge is 2.40. The molecule has 1 aliphatic rings. The number of aromatic hydroxyl groups is 1. The second kappa shape index (κ2) is 8.44. The summed E-state index contributed by atoms with van der Waals surface area (Å²) in [6.07, 6.45) is 9.05. The number of hydrogen-bond donors (Lipinski definition) is 3. The van der Waals surface area contributed by atoms with Gasteiger partial charge in [0.2, 0.25) is 0 Å². The highest BCUT2D eigenvalue weighted by molar-refractivity contribution is 5.97. The smallest absolute Gasteiger partial charge is 0.275 e. The Morgan fingerprint density at radius 1 is 1.21 bits per heavy atom. The summed E-state index contributed by atoms with van der Waals surface area (Å²) in [6.45, 7) is 4.08. The van der Waals surface area contributed by atoms with Crippen LogP contribution >= 0.6 is 0 Å². The Morgan fingerprint density at radius 2 is 1.85 bits per heavy atom. The molecule has 34 heavy (non-hydrogen) atoms. The van der Waals surface area contributed by atoms with Gasteiger partial charge in [-0.3, -0.25) is 19.1 Å². The second-order valence-electron chi connectivity index (χ2n) is 9.27. The number of carbonyl (C=O) groups is 1. The zero-order chi connectivity index (χ0) is 24.8. The molecule has 0 bridgehead atoms. The van der Waals surface area contributed by atoms with Crippen molar-refractivity contribution in [2.75, 3.05) is 24.7 Å². The normalized spacial score (nSPS) is 15.4. The molecule has 10 heteroatoms. The summed E-state index contributed by atoms with van der Waals surface area (Å²) < 4.78 is 1.73. The SMILES string of the molecule is Cc1cn(C)nc1C(Nc1c(Nc2ccnc(C(=O)N(C)C)c2O)c(=O)c1=O)C1(C)CC=CC1. The molecule has 0 aliphatic heterocycles. The Hall–Kier alpha value is -3.95. The van der Waals surface area contributed by atoms with Crippen LogP contribution in [0.15, 0.2) is 40.2 Å². The van der Waals surface area contributed by atoms with E-state index in [1.165, 1.54) is 17.2 Å². The Kier molecular flexibility index (Phi) is 5.76. The van der Waals surface area contributed by atoms with E-state index < -0.39 is 22.5 Å². The van der Waals surface area contributed by atoms with Crippen LogP contribution < -0.4 is 21.5 Å². The second-order valence-corrected chi connectivity index (χ2v) is 9.27. The van der Waals surface area contributed by atoms with E-state index >= 15 is 0 Å². The van der Waals surface area contributed by atoms with Crippen LogP contribution in [0.25, 0.3) is 0 Å². The van der Waals surface area contributed by atoms with Crippen molar-refractivity contribution in [2.45, 2.75) is 32.7 Å². The quantitative estimate of drug-likeness (QED) is 0.359. The minimum atomic E-state index is -0.703. The van der Waals surface area contributed by atoms with Gasteiger partial charge in [-0.05, 0) is 31.4 Å². The Labute approximate surface area is 196 Å². The third-order valence-corrected chi connectivity index (χ3v) is 6.35. The van der Waals surface area contributed by atoms with Gasteiger partial charge in [0.1, 0.15) is 11.4 Å². The first-order valence-corrected chi connectivity index (χ1v) is 10.9. The molecule has 1 atom stereocenters. The van der Waals surface area contributed by atoms with E-state index in [0.29, 0.717) is 0 Å². The molecular weight excluding hydrogens is 436 g/mol. The van der Waals surface area contributed by atoms with Gasteiger partial charge in [-0.15, -0.1) is 0 Å². The van der Waals surface area contributed by atoms with Gasteiger partial charge >= 0.3 is 0 Å². The van der Waals surface area contributed by atoms with E-state index in [1.54, 1.807) is 18.8 Å². The molecule has 1 unspecified atom stereocenters. The van der Waals surface area contributed by atoms with Crippen LogP contribution in [-0.4, -0.2) is 44.8 Å². The molecule has 3 N–H and O–H groups in total. The van der Waals surface area contributed by atoms with Gasteiger partial charge in [0.15, 0.2) is 11.4 Å². The average Bonchev–Trinajstić information content (AvgIpc) is 3.38. The molecule has 1 amide bonds. The van der Waals surface area contributed by atoms with E-state index in [9.17, 15) is 19.5 Å². The molecule has 0 radical (unpaired) electrons. The minimum absolute atomic E-state index is 0.0305. The molecule has 0 spiro atoms. The number of anilines is 3. The van der Waals surface area contributed by atoms with E-state index in [2.05, 4.69) is 39.8 Å². The molecule has 2 aromatic heterocycles. The highest BCUT2D eigenvalue weighted by Crippen LogP contribution is 2.46. The van der Waals surface area contributed by atoms with Gasteiger partial charge < -0.3 is 20.6 Å². The molecule has 0 saturated carbocycles. The molecule has 10 nitrogen and oxygen atoms in total. The predicted molar refractivity (Wildman–Crippen MR) is 129 cm³/mol. The van der Waals surface area contributed by atoms with Crippen LogP contribution in [0.5, 0.6) is 5.75 Å². The molecule has 0 saturated heterocycles. The van der Waals surface area contributed by atoms with E-state index in [4.69, 9.17) is 0 Å². The Balaban J connectivity index is 1.70. The van der Waals surface area contributed by atoms with Crippen LogP contribution in [0.4, 0.5) is 17.1 Å². The molecule has 0 fully saturated rings. The van der Waals surface area contributed by atoms with Crippen molar-refractivity contribution in [2.24, 2.45) is 12.5 Å². The number of hydrogen-bond acceptors (Lipinski definition) is 8. The van der Waals surface area contributed by atoms with Gasteiger partial charge in [0.25, 0.3) is 16.8 Å². The number of nitrogens with zero attached hydrogens (tertiary/aromatic N) is 4. The van der Waals surface area contributed by atoms with Gasteiger partial charge in [-0.25, -0.2) is 4.98 Å². The predicted octanol–water partition coefficient (Wildman–Crippen LogP) is 2.38. The third kappa shape index (κ3) is 3.85. The molecule has 178 valence electrons. The molecule has 2 heterocycles. The number of pyridine rings is 1. The van der Waals surface area contributed by atoms with Crippen LogP contribution in [0, 0.1) is 12.3 Å². The van der Waals surface area contributed by atoms with Crippen LogP contribution in [0.2, 0.25) is 0 Å². The number of amides is 1. The van der Waals surface area contributed by atoms with Gasteiger partial charge in [-0.1, -0.05) is 19.1 Å². The lowest BCUT2D eigenvalue weighted by atomic mass is 9.77. The van der Waals surface area contributed by atoms with Crippen molar-refractivity contribution in [3.8, 4) is 5.75 Å². The zero-order valence-corrected chi connectivity index (χ0v) is 19.8. The maximum atomic E-state index is 12.6. The van der Waals surface area contributed by atoms with Crippen LogP contribution in [-0.2, 0) is 7.05 Å². The number of carbonyl (C=O) groups excluding carboxylic acids is 1. The fourth-order valence-corrected chi connectivity index (χ4v) is 4.36. The number of nitrogens with one attached hydrogen (secondary N) is 2. The summed E-state index contributed by atoms with van der Waals surface area (Å²) in [5.74, 6) is -0.888. The molecule has 4 rings (SSSR count). The lowest BCUT2D eigenvalue weighted by molar-refractivity contribution is 0.0819. The Bertz CT molecular complexity index is 1350. The highest BCUT2D eigenvalue weighted by atomic mass is 16.3.